The van der Waals surface area contributed by atoms with Crippen LogP contribution >= 0.6 is 12.2 Å². The molecule has 5 nitrogen and oxygen atoms in total. The van der Waals surface area contributed by atoms with Crippen LogP contribution in [0.15, 0.2) is 48.5 Å². The highest BCUT2D eigenvalue weighted by molar-refractivity contribution is 7.80. The summed E-state index contributed by atoms with van der Waals surface area (Å²) in [6.07, 6.45) is 0. The number of para-hydroxylation sites is 2. The minimum absolute atomic E-state index is 0.112. The number of hydrogen-bond acceptors (Lipinski definition) is 3. The molecule has 0 aliphatic heterocycles. The molecule has 1 aromatic heterocycles. The SMILES string of the molecule is Cc1nc2ccccc2n1CC(=O)Nc1ccc(C(N)=S)cc1. The molecule has 6 heteroatoms. The molecule has 0 bridgehead atoms. The first-order valence-electron chi connectivity index (χ1n) is 7.16. The normalized spacial score (nSPS) is 10.7. The number of nitrogens with zero attached hydrogens (tertiary/aromatic N) is 2. The van der Waals surface area contributed by atoms with Crippen molar-refractivity contribution in [1.82, 2.24) is 9.55 Å². The zero-order valence-electron chi connectivity index (χ0n) is 12.6. The van der Waals surface area contributed by atoms with Crippen molar-refractivity contribution in [3.63, 3.8) is 0 Å². The highest BCUT2D eigenvalue weighted by Gasteiger charge is 2.10. The Balaban J connectivity index is 1.76. The van der Waals surface area contributed by atoms with E-state index in [9.17, 15) is 4.79 Å². The molecular weight excluding hydrogens is 308 g/mol. The molecule has 3 N–H and O–H groups in total. The van der Waals surface area contributed by atoms with E-state index in [0.29, 0.717) is 10.7 Å². The first-order valence-corrected chi connectivity index (χ1v) is 7.57. The lowest BCUT2D eigenvalue weighted by molar-refractivity contribution is -0.116. The van der Waals surface area contributed by atoms with Crippen LogP contribution in [0, 0.1) is 6.92 Å². The van der Waals surface area contributed by atoms with Gasteiger partial charge in [0.15, 0.2) is 0 Å². The van der Waals surface area contributed by atoms with Crippen molar-refractivity contribution >= 4 is 39.8 Å². The van der Waals surface area contributed by atoms with Crippen molar-refractivity contribution in [3.05, 3.63) is 59.9 Å². The third-order valence-corrected chi connectivity index (χ3v) is 3.84. The Hall–Kier alpha value is -2.73. The van der Waals surface area contributed by atoms with Crippen molar-refractivity contribution in [1.29, 1.82) is 0 Å². The molecule has 0 aliphatic rings. The summed E-state index contributed by atoms with van der Waals surface area (Å²) in [4.78, 5) is 17.1. The molecule has 116 valence electrons. The average molecular weight is 324 g/mol. The van der Waals surface area contributed by atoms with E-state index in [2.05, 4.69) is 10.3 Å². The van der Waals surface area contributed by atoms with Gasteiger partial charge < -0.3 is 15.6 Å². The second-order valence-corrected chi connectivity index (χ2v) is 5.66. The Morgan fingerprint density at radius 2 is 1.91 bits per heavy atom. The Kier molecular flexibility index (Phi) is 4.08. The van der Waals surface area contributed by atoms with E-state index in [1.54, 1.807) is 24.3 Å². The molecule has 2 aromatic carbocycles. The maximum atomic E-state index is 12.3. The van der Waals surface area contributed by atoms with Gasteiger partial charge in [-0.15, -0.1) is 0 Å². The highest BCUT2D eigenvalue weighted by Crippen LogP contribution is 2.16. The maximum Gasteiger partial charge on any atom is 0.244 e. The van der Waals surface area contributed by atoms with Crippen molar-refractivity contribution in [3.8, 4) is 0 Å². The Labute approximate surface area is 139 Å². The van der Waals surface area contributed by atoms with Gasteiger partial charge in [-0.1, -0.05) is 24.4 Å². The van der Waals surface area contributed by atoms with Crippen molar-refractivity contribution in [2.75, 3.05) is 5.32 Å². The van der Waals surface area contributed by atoms with Gasteiger partial charge >= 0.3 is 0 Å². The fourth-order valence-electron chi connectivity index (χ4n) is 2.46. The van der Waals surface area contributed by atoms with Crippen LogP contribution in [-0.4, -0.2) is 20.4 Å². The minimum Gasteiger partial charge on any atom is -0.389 e. The van der Waals surface area contributed by atoms with Gasteiger partial charge in [0.2, 0.25) is 5.91 Å². The number of nitrogens with one attached hydrogen (secondary N) is 1. The zero-order chi connectivity index (χ0) is 16.4. The molecule has 0 unspecified atom stereocenters. The lowest BCUT2D eigenvalue weighted by atomic mass is 10.2. The number of hydrogen-bond donors (Lipinski definition) is 2. The quantitative estimate of drug-likeness (QED) is 0.724. The van der Waals surface area contributed by atoms with Gasteiger partial charge in [0, 0.05) is 11.3 Å². The van der Waals surface area contributed by atoms with Crippen molar-refractivity contribution < 1.29 is 4.79 Å². The van der Waals surface area contributed by atoms with E-state index < -0.39 is 0 Å². The van der Waals surface area contributed by atoms with Gasteiger partial charge in [-0.05, 0) is 43.3 Å². The predicted molar refractivity (Wildman–Crippen MR) is 95.4 cm³/mol. The van der Waals surface area contributed by atoms with Gasteiger partial charge in [-0.3, -0.25) is 4.79 Å². The third-order valence-electron chi connectivity index (χ3n) is 3.60. The average Bonchev–Trinajstić information content (AvgIpc) is 2.84. The van der Waals surface area contributed by atoms with E-state index in [1.807, 2.05) is 35.8 Å². The van der Waals surface area contributed by atoms with Crippen LogP contribution in [0.5, 0.6) is 0 Å². The van der Waals surface area contributed by atoms with Gasteiger partial charge in [-0.2, -0.15) is 0 Å². The summed E-state index contributed by atoms with van der Waals surface area (Å²) < 4.78 is 1.90. The Morgan fingerprint density at radius 1 is 1.22 bits per heavy atom. The molecule has 0 saturated carbocycles. The lowest BCUT2D eigenvalue weighted by Crippen LogP contribution is -2.19. The monoisotopic (exact) mass is 324 g/mol. The zero-order valence-corrected chi connectivity index (χ0v) is 13.4. The first-order chi connectivity index (χ1) is 11.0. The van der Waals surface area contributed by atoms with Gasteiger partial charge in [0.1, 0.15) is 17.4 Å². The first kappa shape index (κ1) is 15.2. The summed E-state index contributed by atoms with van der Waals surface area (Å²) in [6, 6.07) is 14.9. The molecule has 0 spiro atoms. The molecule has 0 atom stereocenters. The Morgan fingerprint density at radius 3 is 2.61 bits per heavy atom. The summed E-state index contributed by atoms with van der Waals surface area (Å²) in [6.45, 7) is 2.10. The number of amides is 1. The number of aryl methyl sites for hydroxylation is 1. The number of nitrogens with two attached hydrogens (primary N) is 1. The molecule has 0 fully saturated rings. The molecule has 0 saturated heterocycles. The topological polar surface area (TPSA) is 72.9 Å². The molecule has 1 heterocycles. The van der Waals surface area contributed by atoms with E-state index >= 15 is 0 Å². The summed E-state index contributed by atoms with van der Waals surface area (Å²) in [5.74, 6) is 0.699. The number of aromatic nitrogens is 2. The number of fused-ring (bicyclic) bond motifs is 1. The number of carbonyl (C=O) groups is 1. The van der Waals surface area contributed by atoms with Crippen molar-refractivity contribution in [2.24, 2.45) is 5.73 Å². The number of carbonyl (C=O) groups excluding carboxylic acids is 1. The number of rotatable bonds is 4. The van der Waals surface area contributed by atoms with Gasteiger partial charge in [0.25, 0.3) is 0 Å². The van der Waals surface area contributed by atoms with E-state index in [0.717, 1.165) is 22.4 Å². The second-order valence-electron chi connectivity index (χ2n) is 5.22. The summed E-state index contributed by atoms with van der Waals surface area (Å²) >= 11 is 4.91. The molecule has 23 heavy (non-hydrogen) atoms. The molecular formula is C17H16N4OS. The van der Waals surface area contributed by atoms with Crippen LogP contribution < -0.4 is 11.1 Å². The van der Waals surface area contributed by atoms with E-state index in [-0.39, 0.29) is 12.5 Å². The largest absolute Gasteiger partial charge is 0.389 e. The van der Waals surface area contributed by atoms with Gasteiger partial charge in [0.05, 0.1) is 11.0 Å². The predicted octanol–water partition coefficient (Wildman–Crippen LogP) is 2.62. The fraction of sp³-hybridized carbons (Fsp3) is 0.118. The fourth-order valence-corrected chi connectivity index (χ4v) is 2.59. The Bertz CT molecular complexity index is 883. The number of imidazole rings is 1. The molecule has 3 aromatic rings. The third kappa shape index (κ3) is 3.22. The standard InChI is InChI=1S/C17H16N4OS/c1-11-19-14-4-2-3-5-15(14)21(11)10-16(22)20-13-8-6-12(7-9-13)17(18)23/h2-9H,10H2,1H3,(H2,18,23)(H,20,22). The van der Waals surface area contributed by atoms with Crippen LogP contribution in [0.25, 0.3) is 11.0 Å². The smallest absolute Gasteiger partial charge is 0.244 e. The summed E-state index contributed by atoms with van der Waals surface area (Å²) in [5, 5.41) is 2.87. The van der Waals surface area contributed by atoms with Crippen LogP contribution in [0.1, 0.15) is 11.4 Å². The van der Waals surface area contributed by atoms with Crippen LogP contribution in [-0.2, 0) is 11.3 Å². The lowest BCUT2D eigenvalue weighted by Gasteiger charge is -2.09. The van der Waals surface area contributed by atoms with E-state index in [4.69, 9.17) is 18.0 Å². The number of benzene rings is 2. The second kappa shape index (κ2) is 6.18. The van der Waals surface area contributed by atoms with Crippen LogP contribution in [0.3, 0.4) is 0 Å². The molecule has 3 rings (SSSR count). The van der Waals surface area contributed by atoms with Crippen LogP contribution in [0.2, 0.25) is 0 Å². The molecule has 0 radical (unpaired) electrons. The van der Waals surface area contributed by atoms with Gasteiger partial charge in [-0.25, -0.2) is 4.98 Å². The highest BCUT2D eigenvalue weighted by atomic mass is 32.1. The minimum atomic E-state index is -0.112. The summed E-state index contributed by atoms with van der Waals surface area (Å²) in [5.41, 5.74) is 8.87. The summed E-state index contributed by atoms with van der Waals surface area (Å²) in [7, 11) is 0. The number of thiocarbonyl (C=S) groups is 1. The molecule has 1 amide bonds. The number of anilines is 1. The van der Waals surface area contributed by atoms with Crippen molar-refractivity contribution in [2.45, 2.75) is 13.5 Å². The van der Waals surface area contributed by atoms with Crippen LogP contribution in [0.4, 0.5) is 5.69 Å². The maximum absolute atomic E-state index is 12.3. The molecule has 0 aliphatic carbocycles. The van der Waals surface area contributed by atoms with E-state index in [1.165, 1.54) is 0 Å².